The number of aliphatic hydroxyl groups excluding tert-OH is 2. The van der Waals surface area contributed by atoms with Crippen LogP contribution in [0.2, 0.25) is 0 Å². The van der Waals surface area contributed by atoms with E-state index in [2.05, 4.69) is 53.1 Å². The monoisotopic (exact) mass is 724 g/mol. The Hall–Kier alpha value is -5.64. The van der Waals surface area contributed by atoms with Gasteiger partial charge in [0.25, 0.3) is 0 Å². The van der Waals surface area contributed by atoms with E-state index in [1.54, 1.807) is 0 Å². The van der Waals surface area contributed by atoms with Gasteiger partial charge in [0.05, 0.1) is 13.2 Å². The number of nitrogens with one attached hydrogen (secondary N) is 2. The zero-order chi connectivity index (χ0) is 37.2. The van der Waals surface area contributed by atoms with Crippen LogP contribution in [0.25, 0.3) is 11.1 Å². The molecule has 54 heavy (non-hydrogen) atoms. The summed E-state index contributed by atoms with van der Waals surface area (Å²) in [4.78, 5) is 0. The van der Waals surface area contributed by atoms with Crippen LogP contribution in [0.5, 0.6) is 23.0 Å². The molecule has 8 nitrogen and oxygen atoms in total. The van der Waals surface area contributed by atoms with E-state index in [1.165, 1.54) is 0 Å². The van der Waals surface area contributed by atoms with E-state index in [0.29, 0.717) is 52.6 Å². The predicted molar refractivity (Wildman–Crippen MR) is 213 cm³/mol. The second-order valence-electron chi connectivity index (χ2n) is 12.9. The van der Waals surface area contributed by atoms with E-state index < -0.39 is 0 Å². The molecule has 0 saturated carbocycles. The van der Waals surface area contributed by atoms with Gasteiger partial charge in [0.2, 0.25) is 0 Å². The molecule has 6 aromatic rings. The van der Waals surface area contributed by atoms with Gasteiger partial charge >= 0.3 is 0 Å². The molecule has 0 aliphatic heterocycles. The minimum Gasteiger partial charge on any atom is -0.489 e. The summed E-state index contributed by atoms with van der Waals surface area (Å²) in [6, 6.07) is 48.7. The quantitative estimate of drug-likeness (QED) is 0.0558. The lowest BCUT2D eigenvalue weighted by Crippen LogP contribution is -2.18. The van der Waals surface area contributed by atoms with Crippen molar-refractivity contribution < 1.29 is 29.2 Å². The Kier molecular flexibility index (Phi) is 14.5. The highest BCUT2D eigenvalue weighted by Gasteiger charge is 2.10. The minimum atomic E-state index is 0.0705. The van der Waals surface area contributed by atoms with Crippen LogP contribution in [0, 0.1) is 0 Å². The normalized spacial score (nSPS) is 10.9. The highest BCUT2D eigenvalue weighted by atomic mass is 16.5. The summed E-state index contributed by atoms with van der Waals surface area (Å²) in [5.41, 5.74) is 8.48. The van der Waals surface area contributed by atoms with Crippen LogP contribution >= 0.6 is 0 Å². The second kappa shape index (κ2) is 20.6. The molecule has 0 saturated heterocycles. The van der Waals surface area contributed by atoms with E-state index in [0.717, 1.165) is 67.5 Å². The van der Waals surface area contributed by atoms with Gasteiger partial charge in [-0.3, -0.25) is 0 Å². The van der Waals surface area contributed by atoms with Crippen molar-refractivity contribution in [3.05, 3.63) is 179 Å². The van der Waals surface area contributed by atoms with Crippen LogP contribution in [0.15, 0.2) is 146 Å². The third-order valence-electron chi connectivity index (χ3n) is 8.71. The van der Waals surface area contributed by atoms with Crippen molar-refractivity contribution in [1.82, 2.24) is 10.6 Å². The second-order valence-corrected chi connectivity index (χ2v) is 12.9. The van der Waals surface area contributed by atoms with E-state index in [9.17, 15) is 10.2 Å². The lowest BCUT2D eigenvalue weighted by molar-refractivity contribution is 0.283. The Morgan fingerprint density at radius 3 is 1.59 bits per heavy atom. The zero-order valence-corrected chi connectivity index (χ0v) is 30.5. The SMILES string of the molecule is OCCNCc1cc(OCc2ccccc2)cc(OCc2cccc(-c3ccc(COc4cc(OCc5ccccc5)ccc4CNCCO)cc3)c2)c1. The first-order chi connectivity index (χ1) is 26.6. The third kappa shape index (κ3) is 11.9. The maximum absolute atomic E-state index is 9.25. The van der Waals surface area contributed by atoms with Crippen LogP contribution < -0.4 is 29.6 Å². The Morgan fingerprint density at radius 2 is 0.944 bits per heavy atom. The van der Waals surface area contributed by atoms with Crippen molar-refractivity contribution in [3.63, 3.8) is 0 Å². The van der Waals surface area contributed by atoms with Gasteiger partial charge in [-0.2, -0.15) is 0 Å². The summed E-state index contributed by atoms with van der Waals surface area (Å²) in [7, 11) is 0. The van der Waals surface area contributed by atoms with Gasteiger partial charge in [0.1, 0.15) is 49.4 Å². The molecule has 0 fully saturated rings. The maximum Gasteiger partial charge on any atom is 0.127 e. The number of rotatable bonds is 21. The Balaban J connectivity index is 1.08. The van der Waals surface area contributed by atoms with Gasteiger partial charge in [-0.15, -0.1) is 0 Å². The molecular weight excluding hydrogens is 677 g/mol. The van der Waals surface area contributed by atoms with Gasteiger partial charge in [-0.1, -0.05) is 109 Å². The molecule has 8 heteroatoms. The summed E-state index contributed by atoms with van der Waals surface area (Å²) in [6.07, 6.45) is 0. The summed E-state index contributed by atoms with van der Waals surface area (Å²) in [5, 5.41) is 25.0. The van der Waals surface area contributed by atoms with Gasteiger partial charge in [-0.05, 0) is 63.2 Å². The van der Waals surface area contributed by atoms with Gasteiger partial charge < -0.3 is 39.8 Å². The number of aliphatic hydroxyl groups is 2. The smallest absolute Gasteiger partial charge is 0.127 e. The van der Waals surface area contributed by atoms with Crippen molar-refractivity contribution in [2.24, 2.45) is 0 Å². The van der Waals surface area contributed by atoms with Crippen LogP contribution in [0.4, 0.5) is 0 Å². The molecule has 0 aromatic heterocycles. The maximum atomic E-state index is 9.25. The first-order valence-electron chi connectivity index (χ1n) is 18.3. The van der Waals surface area contributed by atoms with Gasteiger partial charge in [0.15, 0.2) is 0 Å². The molecule has 0 bridgehead atoms. The van der Waals surface area contributed by atoms with Crippen molar-refractivity contribution in [1.29, 1.82) is 0 Å². The predicted octanol–water partition coefficient (Wildman–Crippen LogP) is 7.83. The fourth-order valence-electron chi connectivity index (χ4n) is 5.86. The summed E-state index contributed by atoms with van der Waals surface area (Å²) >= 11 is 0. The highest BCUT2D eigenvalue weighted by molar-refractivity contribution is 5.64. The molecule has 0 aliphatic rings. The largest absolute Gasteiger partial charge is 0.489 e. The first kappa shape index (κ1) is 38.1. The average molecular weight is 725 g/mol. The van der Waals surface area contributed by atoms with Crippen molar-refractivity contribution in [2.45, 2.75) is 39.5 Å². The number of benzene rings is 6. The highest BCUT2D eigenvalue weighted by Crippen LogP contribution is 2.29. The van der Waals surface area contributed by atoms with Crippen molar-refractivity contribution in [3.8, 4) is 34.1 Å². The number of hydrogen-bond donors (Lipinski definition) is 4. The molecular formula is C46H48N2O6. The number of ether oxygens (including phenoxy) is 4. The fourth-order valence-corrected chi connectivity index (χ4v) is 5.86. The van der Waals surface area contributed by atoms with Crippen molar-refractivity contribution in [2.75, 3.05) is 26.3 Å². The molecule has 0 amide bonds. The van der Waals surface area contributed by atoms with E-state index >= 15 is 0 Å². The molecule has 0 atom stereocenters. The first-order valence-corrected chi connectivity index (χ1v) is 18.3. The van der Waals surface area contributed by atoms with E-state index in [1.807, 2.05) is 103 Å². The lowest BCUT2D eigenvalue weighted by atomic mass is 10.0. The van der Waals surface area contributed by atoms with Crippen LogP contribution in [0.3, 0.4) is 0 Å². The van der Waals surface area contributed by atoms with Crippen LogP contribution in [-0.2, 0) is 39.5 Å². The fraction of sp³-hybridized carbons (Fsp3) is 0.217. The molecule has 6 aromatic carbocycles. The molecule has 0 unspecified atom stereocenters. The topological polar surface area (TPSA) is 101 Å². The summed E-state index contributed by atoms with van der Waals surface area (Å²) in [5.74, 6) is 2.92. The standard InChI is InChI=1S/C46H48N2O6/c49-22-20-47-29-39-25-44(52-32-36-10-5-2-6-11-36)27-45(26-39)53-34-38-12-7-13-41(24-38)40-16-14-37(15-17-40)33-54-46-28-43(19-18-42(46)30-48-21-23-50)51-31-35-8-3-1-4-9-35/h1-19,24-28,47-50H,20-23,29-34H2. The average Bonchev–Trinajstić information content (AvgIpc) is 3.22. The molecule has 0 spiro atoms. The van der Waals surface area contributed by atoms with Crippen LogP contribution in [0.1, 0.15) is 33.4 Å². The third-order valence-corrected chi connectivity index (χ3v) is 8.71. The molecule has 0 heterocycles. The summed E-state index contributed by atoms with van der Waals surface area (Å²) < 4.78 is 24.9. The van der Waals surface area contributed by atoms with E-state index in [4.69, 9.17) is 18.9 Å². The van der Waals surface area contributed by atoms with Crippen LogP contribution in [-0.4, -0.2) is 36.5 Å². The Morgan fingerprint density at radius 1 is 0.389 bits per heavy atom. The van der Waals surface area contributed by atoms with Gasteiger partial charge in [0, 0.05) is 43.9 Å². The molecule has 6 rings (SSSR count). The Bertz CT molecular complexity index is 2000. The lowest BCUT2D eigenvalue weighted by Gasteiger charge is -2.15. The molecule has 4 N–H and O–H groups in total. The zero-order valence-electron chi connectivity index (χ0n) is 30.5. The number of hydrogen-bond acceptors (Lipinski definition) is 8. The van der Waals surface area contributed by atoms with Crippen molar-refractivity contribution >= 4 is 0 Å². The van der Waals surface area contributed by atoms with E-state index in [-0.39, 0.29) is 13.2 Å². The Labute approximate surface area is 318 Å². The van der Waals surface area contributed by atoms with Gasteiger partial charge in [-0.25, -0.2) is 0 Å². The molecule has 0 aliphatic carbocycles. The summed E-state index contributed by atoms with van der Waals surface area (Å²) in [6.45, 7) is 4.05. The minimum absolute atomic E-state index is 0.0705. The molecule has 278 valence electrons. The molecule has 0 radical (unpaired) electrons.